The standard InChI is InChI=1S/C14H20ClNOS/c15-12-6-3-7-13(16)14(12)18-9-11(17)8-10-4-1-2-5-10/h3,6-7,10-11,17H,1-2,4-5,8-9,16H2. The van der Waals surface area contributed by atoms with Crippen molar-refractivity contribution in [3.63, 3.8) is 0 Å². The number of aliphatic hydroxyl groups is 1. The Kier molecular flexibility index (Phi) is 5.22. The molecule has 0 radical (unpaired) electrons. The van der Waals surface area contributed by atoms with Crippen LogP contribution < -0.4 is 5.73 Å². The highest BCUT2D eigenvalue weighted by Crippen LogP contribution is 2.34. The van der Waals surface area contributed by atoms with Gasteiger partial charge in [-0.2, -0.15) is 0 Å². The highest BCUT2D eigenvalue weighted by Gasteiger charge is 2.19. The normalized spacial score (nSPS) is 18.1. The summed E-state index contributed by atoms with van der Waals surface area (Å²) in [5, 5.41) is 10.7. The van der Waals surface area contributed by atoms with Crippen LogP contribution in [0.25, 0.3) is 0 Å². The minimum absolute atomic E-state index is 0.256. The first-order valence-electron chi connectivity index (χ1n) is 6.51. The van der Waals surface area contributed by atoms with Gasteiger partial charge in [0.15, 0.2) is 0 Å². The lowest BCUT2D eigenvalue weighted by Crippen LogP contribution is -2.14. The van der Waals surface area contributed by atoms with E-state index >= 15 is 0 Å². The van der Waals surface area contributed by atoms with E-state index in [9.17, 15) is 5.11 Å². The number of benzene rings is 1. The molecule has 100 valence electrons. The van der Waals surface area contributed by atoms with Crippen LogP contribution in [0.3, 0.4) is 0 Å². The summed E-state index contributed by atoms with van der Waals surface area (Å²) in [5.41, 5.74) is 6.58. The van der Waals surface area contributed by atoms with E-state index in [0.29, 0.717) is 22.4 Å². The summed E-state index contributed by atoms with van der Waals surface area (Å²) >= 11 is 7.66. The van der Waals surface area contributed by atoms with Crippen molar-refractivity contribution in [2.45, 2.75) is 43.1 Å². The average molecular weight is 286 g/mol. The van der Waals surface area contributed by atoms with Crippen LogP contribution in [-0.2, 0) is 0 Å². The van der Waals surface area contributed by atoms with Gasteiger partial charge in [0.25, 0.3) is 0 Å². The largest absolute Gasteiger partial charge is 0.398 e. The van der Waals surface area contributed by atoms with E-state index in [1.54, 1.807) is 11.8 Å². The second-order valence-electron chi connectivity index (χ2n) is 5.01. The zero-order valence-electron chi connectivity index (χ0n) is 10.4. The van der Waals surface area contributed by atoms with Crippen molar-refractivity contribution in [2.24, 2.45) is 5.92 Å². The maximum absolute atomic E-state index is 10.0. The number of rotatable bonds is 5. The predicted octanol–water partition coefficient (Wildman–Crippen LogP) is 3.96. The van der Waals surface area contributed by atoms with Gasteiger partial charge >= 0.3 is 0 Å². The molecule has 1 fully saturated rings. The summed E-state index contributed by atoms with van der Waals surface area (Å²) in [6.07, 6.45) is 5.85. The molecule has 4 heteroatoms. The van der Waals surface area contributed by atoms with Crippen LogP contribution in [0, 0.1) is 5.92 Å². The number of hydrogen-bond acceptors (Lipinski definition) is 3. The van der Waals surface area contributed by atoms with Crippen molar-refractivity contribution >= 4 is 29.1 Å². The number of halogens is 1. The van der Waals surface area contributed by atoms with Crippen LogP contribution in [0.4, 0.5) is 5.69 Å². The highest BCUT2D eigenvalue weighted by molar-refractivity contribution is 7.99. The van der Waals surface area contributed by atoms with Gasteiger partial charge in [0.2, 0.25) is 0 Å². The summed E-state index contributed by atoms with van der Waals surface area (Å²) < 4.78 is 0. The number of aliphatic hydroxyl groups excluding tert-OH is 1. The molecule has 2 rings (SSSR count). The zero-order chi connectivity index (χ0) is 13.0. The molecule has 18 heavy (non-hydrogen) atoms. The molecular weight excluding hydrogens is 266 g/mol. The summed E-state index contributed by atoms with van der Waals surface area (Å²) in [6, 6.07) is 5.53. The second kappa shape index (κ2) is 6.69. The van der Waals surface area contributed by atoms with Crippen LogP contribution in [0.15, 0.2) is 23.1 Å². The number of nitrogens with two attached hydrogens (primary N) is 1. The Labute approximate surface area is 118 Å². The third-order valence-corrected chi connectivity index (χ3v) is 5.22. The van der Waals surface area contributed by atoms with Crippen molar-refractivity contribution in [3.8, 4) is 0 Å². The first-order chi connectivity index (χ1) is 8.66. The summed E-state index contributed by atoms with van der Waals surface area (Å²) in [7, 11) is 0. The van der Waals surface area contributed by atoms with Crippen molar-refractivity contribution < 1.29 is 5.11 Å². The maximum atomic E-state index is 10.0. The maximum Gasteiger partial charge on any atom is 0.0636 e. The fourth-order valence-electron chi connectivity index (χ4n) is 2.56. The number of nitrogen functional groups attached to an aromatic ring is 1. The van der Waals surface area contributed by atoms with Crippen LogP contribution >= 0.6 is 23.4 Å². The van der Waals surface area contributed by atoms with Gasteiger partial charge in [-0.1, -0.05) is 43.4 Å². The monoisotopic (exact) mass is 285 g/mol. The molecule has 0 amide bonds. The minimum atomic E-state index is -0.256. The lowest BCUT2D eigenvalue weighted by Gasteiger charge is -2.15. The van der Waals surface area contributed by atoms with Crippen LogP contribution in [0.5, 0.6) is 0 Å². The van der Waals surface area contributed by atoms with E-state index in [-0.39, 0.29) is 6.10 Å². The van der Waals surface area contributed by atoms with Crippen molar-refractivity contribution in [3.05, 3.63) is 23.2 Å². The Balaban J connectivity index is 1.83. The summed E-state index contributed by atoms with van der Waals surface area (Å²) in [6.45, 7) is 0. The molecule has 1 aliphatic rings. The van der Waals surface area contributed by atoms with E-state index in [2.05, 4.69) is 0 Å². The van der Waals surface area contributed by atoms with Gasteiger partial charge in [0, 0.05) is 16.3 Å². The third-order valence-electron chi connectivity index (χ3n) is 3.50. The lowest BCUT2D eigenvalue weighted by molar-refractivity contribution is 0.166. The molecule has 1 aromatic rings. The number of anilines is 1. The number of thioether (sulfide) groups is 1. The van der Waals surface area contributed by atoms with Crippen molar-refractivity contribution in [2.75, 3.05) is 11.5 Å². The number of hydrogen-bond donors (Lipinski definition) is 2. The molecule has 0 saturated heterocycles. The van der Waals surface area contributed by atoms with Crippen LogP contribution in [0.1, 0.15) is 32.1 Å². The Hall–Kier alpha value is -0.380. The minimum Gasteiger partial charge on any atom is -0.398 e. The van der Waals surface area contributed by atoms with Gasteiger partial charge in [0.1, 0.15) is 0 Å². The molecule has 1 saturated carbocycles. The molecule has 0 spiro atoms. The molecule has 3 N–H and O–H groups in total. The van der Waals surface area contributed by atoms with Crippen molar-refractivity contribution in [1.82, 2.24) is 0 Å². The van der Waals surface area contributed by atoms with Crippen LogP contribution in [-0.4, -0.2) is 17.0 Å². The van der Waals surface area contributed by atoms with E-state index in [1.165, 1.54) is 25.7 Å². The molecule has 0 heterocycles. The highest BCUT2D eigenvalue weighted by atomic mass is 35.5. The molecule has 0 aliphatic heterocycles. The van der Waals surface area contributed by atoms with Gasteiger partial charge in [-0.15, -0.1) is 11.8 Å². The Bertz CT molecular complexity index is 373. The SMILES string of the molecule is Nc1cccc(Cl)c1SCC(O)CC1CCCC1. The average Bonchev–Trinajstić information content (AvgIpc) is 2.81. The van der Waals surface area contributed by atoms with Gasteiger partial charge in [0.05, 0.1) is 11.1 Å². The molecule has 0 aromatic heterocycles. The molecule has 2 nitrogen and oxygen atoms in total. The summed E-state index contributed by atoms with van der Waals surface area (Å²) in [5.74, 6) is 1.38. The smallest absolute Gasteiger partial charge is 0.0636 e. The third kappa shape index (κ3) is 3.81. The van der Waals surface area contributed by atoms with Crippen LogP contribution in [0.2, 0.25) is 5.02 Å². The Morgan fingerprint density at radius 1 is 1.39 bits per heavy atom. The lowest BCUT2D eigenvalue weighted by atomic mass is 10.0. The molecule has 1 atom stereocenters. The van der Waals surface area contributed by atoms with E-state index in [0.717, 1.165) is 11.3 Å². The van der Waals surface area contributed by atoms with Crippen molar-refractivity contribution in [1.29, 1.82) is 0 Å². The Morgan fingerprint density at radius 2 is 2.11 bits per heavy atom. The van der Waals surface area contributed by atoms with Gasteiger partial charge in [-0.25, -0.2) is 0 Å². The molecule has 1 aromatic carbocycles. The quantitative estimate of drug-likeness (QED) is 0.636. The van der Waals surface area contributed by atoms with Gasteiger partial charge in [-0.05, 0) is 24.5 Å². The fourth-order valence-corrected chi connectivity index (χ4v) is 3.84. The van der Waals surface area contributed by atoms with E-state index in [1.807, 2.05) is 18.2 Å². The van der Waals surface area contributed by atoms with E-state index in [4.69, 9.17) is 17.3 Å². The molecule has 0 bridgehead atoms. The zero-order valence-corrected chi connectivity index (χ0v) is 12.0. The first kappa shape index (κ1) is 14.0. The van der Waals surface area contributed by atoms with Gasteiger partial charge < -0.3 is 10.8 Å². The van der Waals surface area contributed by atoms with Gasteiger partial charge in [-0.3, -0.25) is 0 Å². The second-order valence-corrected chi connectivity index (χ2v) is 6.45. The molecule has 1 unspecified atom stereocenters. The van der Waals surface area contributed by atoms with E-state index < -0.39 is 0 Å². The first-order valence-corrected chi connectivity index (χ1v) is 7.88. The molecule has 1 aliphatic carbocycles. The Morgan fingerprint density at radius 3 is 2.78 bits per heavy atom. The summed E-state index contributed by atoms with van der Waals surface area (Å²) in [4.78, 5) is 0.893. The molecular formula is C14H20ClNOS. The topological polar surface area (TPSA) is 46.2 Å². The fraction of sp³-hybridized carbons (Fsp3) is 0.571. The predicted molar refractivity (Wildman–Crippen MR) is 79.2 cm³/mol.